The number of benzene rings is 1. The maximum absolute atomic E-state index is 12.0. The number of hydrogen-bond acceptors (Lipinski definition) is 3. The molecule has 1 aromatic carbocycles. The Hall–Kier alpha value is -2.12. The molecule has 3 rings (SSSR count). The van der Waals surface area contributed by atoms with Crippen LogP contribution in [0, 0.1) is 0 Å². The predicted octanol–water partition coefficient (Wildman–Crippen LogP) is 3.79. The van der Waals surface area contributed by atoms with Gasteiger partial charge >= 0.3 is 6.03 Å². The fraction of sp³-hybridized carbons (Fsp3) is 0. The molecule has 0 aliphatic rings. The number of aromatic nitrogens is 3. The lowest BCUT2D eigenvalue weighted by atomic mass is 10.3. The molecule has 8 heteroatoms. The summed E-state index contributed by atoms with van der Waals surface area (Å²) in [6.07, 6.45) is 3.36. The average molecular weight is 367 g/mol. The third-order valence-corrected chi connectivity index (χ3v) is 3.39. The van der Waals surface area contributed by atoms with E-state index in [-0.39, 0.29) is 6.03 Å². The van der Waals surface area contributed by atoms with E-state index in [2.05, 4.69) is 36.8 Å². The van der Waals surface area contributed by atoms with Crippen LogP contribution in [0.4, 0.5) is 16.2 Å². The van der Waals surface area contributed by atoms with Crippen molar-refractivity contribution in [3.8, 4) is 0 Å². The lowest BCUT2D eigenvalue weighted by Gasteiger charge is -2.09. The van der Waals surface area contributed by atoms with Crippen LogP contribution >= 0.6 is 27.5 Å². The number of fused-ring (bicyclic) bond motifs is 1. The third kappa shape index (κ3) is 3.14. The molecule has 0 bridgehead atoms. The molecule has 106 valence electrons. The number of carbonyl (C=O) groups is 1. The van der Waals surface area contributed by atoms with Gasteiger partial charge in [-0.3, -0.25) is 4.40 Å². The summed E-state index contributed by atoms with van der Waals surface area (Å²) in [5.41, 5.74) is 1.75. The second-order valence-corrected chi connectivity index (χ2v) is 5.57. The molecule has 0 aliphatic heterocycles. The molecule has 0 spiro atoms. The zero-order chi connectivity index (χ0) is 14.8. The van der Waals surface area contributed by atoms with Crippen LogP contribution in [0.25, 0.3) is 5.65 Å². The molecule has 0 radical (unpaired) electrons. The summed E-state index contributed by atoms with van der Waals surface area (Å²) in [4.78, 5) is 12.0. The van der Waals surface area contributed by atoms with Crippen LogP contribution in [0.15, 0.2) is 47.3 Å². The second-order valence-electron chi connectivity index (χ2n) is 4.22. The Balaban J connectivity index is 1.80. The van der Waals surface area contributed by atoms with Crippen LogP contribution in [-0.2, 0) is 0 Å². The summed E-state index contributed by atoms with van der Waals surface area (Å²) in [5.74, 6) is 0. The first-order valence-electron chi connectivity index (χ1n) is 5.94. The summed E-state index contributed by atoms with van der Waals surface area (Å²) in [7, 11) is 0. The van der Waals surface area contributed by atoms with E-state index in [0.29, 0.717) is 22.0 Å². The molecule has 21 heavy (non-hydrogen) atoms. The second kappa shape index (κ2) is 5.71. The zero-order valence-corrected chi connectivity index (χ0v) is 12.9. The summed E-state index contributed by atoms with van der Waals surface area (Å²) < 4.78 is 2.51. The van der Waals surface area contributed by atoms with Crippen molar-refractivity contribution >= 4 is 50.6 Å². The molecule has 0 fully saturated rings. The minimum Gasteiger partial charge on any atom is -0.308 e. The van der Waals surface area contributed by atoms with Crippen molar-refractivity contribution < 1.29 is 4.79 Å². The topological polar surface area (TPSA) is 71.3 Å². The van der Waals surface area contributed by atoms with Crippen LogP contribution < -0.4 is 10.6 Å². The highest BCUT2D eigenvalue weighted by molar-refractivity contribution is 9.10. The van der Waals surface area contributed by atoms with Gasteiger partial charge in [0.15, 0.2) is 5.65 Å². The monoisotopic (exact) mass is 365 g/mol. The number of halogens is 2. The van der Waals surface area contributed by atoms with Gasteiger partial charge in [-0.05, 0) is 46.3 Å². The fourth-order valence-electron chi connectivity index (χ4n) is 1.81. The van der Waals surface area contributed by atoms with E-state index in [1.165, 1.54) is 0 Å². The maximum Gasteiger partial charge on any atom is 0.323 e. The highest BCUT2D eigenvalue weighted by Gasteiger charge is 2.09. The Labute approximate surface area is 133 Å². The number of pyridine rings is 1. The molecule has 0 atom stereocenters. The van der Waals surface area contributed by atoms with Crippen molar-refractivity contribution in [3.05, 3.63) is 52.4 Å². The van der Waals surface area contributed by atoms with Gasteiger partial charge in [-0.25, -0.2) is 4.79 Å². The molecule has 2 heterocycles. The molecule has 0 saturated carbocycles. The fourth-order valence-corrected chi connectivity index (χ4v) is 2.39. The van der Waals surface area contributed by atoms with Gasteiger partial charge in [-0.15, -0.1) is 10.2 Å². The average Bonchev–Trinajstić information content (AvgIpc) is 2.89. The number of urea groups is 1. The summed E-state index contributed by atoms with van der Waals surface area (Å²) in [6.45, 7) is 0. The number of nitrogens with zero attached hydrogens (tertiary/aromatic N) is 3. The van der Waals surface area contributed by atoms with Crippen molar-refractivity contribution in [1.29, 1.82) is 0 Å². The lowest BCUT2D eigenvalue weighted by Crippen LogP contribution is -2.19. The molecule has 2 N–H and O–H groups in total. The van der Waals surface area contributed by atoms with Crippen molar-refractivity contribution in [3.63, 3.8) is 0 Å². The Morgan fingerprint density at radius 3 is 2.76 bits per heavy atom. The highest BCUT2D eigenvalue weighted by atomic mass is 79.9. The maximum atomic E-state index is 12.0. The first-order valence-corrected chi connectivity index (χ1v) is 7.11. The van der Waals surface area contributed by atoms with Crippen molar-refractivity contribution in [1.82, 2.24) is 14.6 Å². The predicted molar refractivity (Wildman–Crippen MR) is 84.8 cm³/mol. The molecule has 3 aromatic rings. The number of hydrogen-bond donors (Lipinski definition) is 2. The van der Waals surface area contributed by atoms with Crippen molar-refractivity contribution in [2.45, 2.75) is 0 Å². The number of rotatable bonds is 2. The van der Waals surface area contributed by atoms with Gasteiger partial charge in [0.2, 0.25) is 0 Å². The Morgan fingerprint density at radius 1 is 1.24 bits per heavy atom. The summed E-state index contributed by atoms with van der Waals surface area (Å²) in [6, 6.07) is 8.22. The van der Waals surface area contributed by atoms with Crippen molar-refractivity contribution in [2.24, 2.45) is 0 Å². The van der Waals surface area contributed by atoms with Gasteiger partial charge in [0.25, 0.3) is 0 Å². The van der Waals surface area contributed by atoms with E-state index < -0.39 is 0 Å². The first-order chi connectivity index (χ1) is 10.1. The third-order valence-electron chi connectivity index (χ3n) is 2.71. The number of carbonyl (C=O) groups excluding carboxylic acids is 1. The van der Waals surface area contributed by atoms with E-state index in [4.69, 9.17) is 11.6 Å². The molecule has 2 amide bonds. The quantitative estimate of drug-likeness (QED) is 0.725. The lowest BCUT2D eigenvalue weighted by molar-refractivity contribution is 0.262. The van der Waals surface area contributed by atoms with Gasteiger partial charge in [-0.2, -0.15) is 0 Å². The number of anilines is 2. The minimum absolute atomic E-state index is 0.375. The zero-order valence-electron chi connectivity index (χ0n) is 10.5. The van der Waals surface area contributed by atoms with Gasteiger partial charge in [0, 0.05) is 21.4 Å². The Kier molecular flexibility index (Phi) is 3.76. The van der Waals surface area contributed by atoms with Crippen molar-refractivity contribution in [2.75, 3.05) is 10.6 Å². The van der Waals surface area contributed by atoms with Crippen LogP contribution in [0.5, 0.6) is 0 Å². The van der Waals surface area contributed by atoms with Gasteiger partial charge < -0.3 is 10.6 Å². The van der Waals surface area contributed by atoms with Gasteiger partial charge in [0.1, 0.15) is 6.33 Å². The van der Waals surface area contributed by atoms with Gasteiger partial charge in [0.05, 0.1) is 5.69 Å². The van der Waals surface area contributed by atoms with E-state index in [1.54, 1.807) is 47.3 Å². The molecule has 0 unspecified atom stereocenters. The molecule has 2 aromatic heterocycles. The largest absolute Gasteiger partial charge is 0.323 e. The van der Waals surface area contributed by atoms with Gasteiger partial charge in [-0.1, -0.05) is 11.6 Å². The van der Waals surface area contributed by atoms with E-state index in [9.17, 15) is 4.79 Å². The molecular formula is C13H9BrClN5O. The number of nitrogens with one attached hydrogen (secondary N) is 2. The molecular weight excluding hydrogens is 358 g/mol. The number of amides is 2. The SMILES string of the molecule is O=C(Nc1ccc(Cl)cc1)Nc1cc(Br)cn2cnnc12. The van der Waals surface area contributed by atoms with E-state index >= 15 is 0 Å². The Morgan fingerprint density at radius 2 is 2.00 bits per heavy atom. The summed E-state index contributed by atoms with van der Waals surface area (Å²) >= 11 is 9.17. The van der Waals surface area contributed by atoms with Crippen LogP contribution in [0.3, 0.4) is 0 Å². The summed E-state index contributed by atoms with van der Waals surface area (Å²) in [5, 5.41) is 13.8. The molecule has 0 aliphatic carbocycles. The first kappa shape index (κ1) is 13.8. The van der Waals surface area contributed by atoms with Crippen LogP contribution in [0.2, 0.25) is 5.02 Å². The molecule has 6 nitrogen and oxygen atoms in total. The van der Waals surface area contributed by atoms with E-state index in [1.807, 2.05) is 0 Å². The minimum atomic E-state index is -0.375. The standard InChI is InChI=1S/C13H9BrClN5O/c14-8-5-11(12-19-16-7-20(12)6-8)18-13(21)17-10-3-1-9(15)2-4-10/h1-7H,(H2,17,18,21). The Bertz CT molecular complexity index is 802. The highest BCUT2D eigenvalue weighted by Crippen LogP contribution is 2.21. The van der Waals surface area contributed by atoms with E-state index in [0.717, 1.165) is 4.47 Å². The van der Waals surface area contributed by atoms with Crippen LogP contribution in [0.1, 0.15) is 0 Å². The normalized spacial score (nSPS) is 10.6. The van der Waals surface area contributed by atoms with Crippen LogP contribution in [-0.4, -0.2) is 20.6 Å². The molecule has 0 saturated heterocycles. The smallest absolute Gasteiger partial charge is 0.308 e.